The fourth-order valence-corrected chi connectivity index (χ4v) is 9.13. The van der Waals surface area contributed by atoms with Gasteiger partial charge in [0.25, 0.3) is 0 Å². The molecule has 1 amide bonds. The summed E-state index contributed by atoms with van der Waals surface area (Å²) >= 11 is 19.0. The third-order valence-electron chi connectivity index (χ3n) is 6.14. The highest BCUT2D eigenvalue weighted by molar-refractivity contribution is 8.18. The number of fused-ring (bicyclic) bond motifs is 1. The highest BCUT2D eigenvalue weighted by atomic mass is 35.5. The number of ether oxygens (including phenoxy) is 1. The molecule has 1 atom stereocenters. The van der Waals surface area contributed by atoms with Crippen LogP contribution >= 0.6 is 29.5 Å². The molecule has 0 unspecified atom stereocenters. The quantitative estimate of drug-likeness (QED) is 0.419. The molecule has 0 N–H and O–H groups in total. The first-order valence-electron chi connectivity index (χ1n) is 11.1. The molecule has 0 aliphatic carbocycles. The minimum absolute atomic E-state index is 0.386. The minimum Gasteiger partial charge on any atom is -0.409 e. The lowest BCUT2D eigenvalue weighted by molar-refractivity contribution is 0.211. The van der Waals surface area contributed by atoms with E-state index >= 15 is 0 Å². The minimum atomic E-state index is -2.69. The van der Waals surface area contributed by atoms with Crippen LogP contribution in [0.5, 0.6) is 5.75 Å². The third-order valence-corrected chi connectivity index (χ3v) is 11.8. The molecule has 32 heavy (non-hydrogen) atoms. The smallest absolute Gasteiger partial charge is 0.409 e. The average molecular weight is 512 g/mol. The Hall–Kier alpha value is -1.30. The van der Waals surface area contributed by atoms with Crippen LogP contribution in [-0.2, 0) is 11.8 Å². The molecule has 5 nitrogen and oxygen atoms in total. The largest absolute Gasteiger partial charge is 0.424 e. The van der Waals surface area contributed by atoms with Crippen LogP contribution in [0.1, 0.15) is 39.5 Å². The van der Waals surface area contributed by atoms with Gasteiger partial charge in [0.05, 0.1) is 21.0 Å². The van der Waals surface area contributed by atoms with Crippen molar-refractivity contribution in [3.63, 3.8) is 0 Å². The first kappa shape index (κ1) is 23.8. The van der Waals surface area contributed by atoms with E-state index in [2.05, 4.69) is 35.6 Å². The van der Waals surface area contributed by atoms with E-state index in [1.807, 2.05) is 6.07 Å². The van der Waals surface area contributed by atoms with E-state index < -0.39 is 12.4 Å². The number of hydrogen-bond acceptors (Lipinski definition) is 4. The Bertz CT molecular complexity index is 1060. The zero-order valence-corrected chi connectivity index (χ0v) is 21.6. The molecular weight excluding hydrogens is 484 g/mol. The van der Waals surface area contributed by atoms with Crippen molar-refractivity contribution >= 4 is 64.1 Å². The molecule has 9 heteroatoms. The Morgan fingerprint density at radius 3 is 2.31 bits per heavy atom. The first-order valence-corrected chi connectivity index (χ1v) is 14.6. The lowest BCUT2D eigenvalue weighted by Crippen LogP contribution is -2.46. The topological polar surface area (TPSA) is 36.0 Å². The number of hydrogen-bond donors (Lipinski definition) is 0. The monoisotopic (exact) mass is 511 g/mol. The highest BCUT2D eigenvalue weighted by Crippen LogP contribution is 2.59. The standard InChI is InChI=1S/C23H28Cl2N3O2PS/c1-3-26(4-2)17-10-12-22-21(16-17)30-23(29)28(18-9-11-19(24)20(25)15-18)31(22,32)27-13-7-5-6-8-14-27/h9-12,15-16H,3-8,13-14H2,1-2H3/t31-/m1/s1. The second kappa shape index (κ2) is 9.90. The van der Waals surface area contributed by atoms with Crippen LogP contribution in [-0.4, -0.2) is 36.9 Å². The summed E-state index contributed by atoms with van der Waals surface area (Å²) in [6.07, 6.45) is 1.34. The fourth-order valence-electron chi connectivity index (χ4n) is 4.45. The number of carbonyl (C=O) groups is 1. The van der Waals surface area contributed by atoms with Gasteiger partial charge in [-0.15, -0.1) is 0 Å². The van der Waals surface area contributed by atoms with Gasteiger partial charge >= 0.3 is 6.09 Å². The van der Waals surface area contributed by atoms with Crippen molar-refractivity contribution in [3.8, 4) is 5.75 Å². The van der Waals surface area contributed by atoms with Crippen molar-refractivity contribution < 1.29 is 9.53 Å². The zero-order chi connectivity index (χ0) is 22.9. The lowest BCUT2D eigenvalue weighted by Gasteiger charge is -2.45. The second-order valence-electron chi connectivity index (χ2n) is 8.01. The lowest BCUT2D eigenvalue weighted by atomic mass is 10.2. The first-order chi connectivity index (χ1) is 15.4. The molecule has 0 spiro atoms. The van der Waals surface area contributed by atoms with Crippen molar-refractivity contribution in [2.24, 2.45) is 0 Å². The van der Waals surface area contributed by atoms with Crippen LogP contribution in [0.15, 0.2) is 36.4 Å². The zero-order valence-electron chi connectivity index (χ0n) is 18.4. The van der Waals surface area contributed by atoms with Crippen LogP contribution in [0.4, 0.5) is 16.2 Å². The predicted molar refractivity (Wildman–Crippen MR) is 139 cm³/mol. The normalized spacial score (nSPS) is 21.6. The van der Waals surface area contributed by atoms with Gasteiger partial charge in [0.1, 0.15) is 12.1 Å². The third kappa shape index (κ3) is 4.28. The van der Waals surface area contributed by atoms with Gasteiger partial charge in [-0.2, -0.15) is 0 Å². The molecule has 2 aromatic rings. The molecule has 2 aromatic carbocycles. The predicted octanol–water partition coefficient (Wildman–Crippen LogP) is 6.67. The molecule has 0 radical (unpaired) electrons. The molecule has 172 valence electrons. The fraction of sp³-hybridized carbons (Fsp3) is 0.435. The summed E-state index contributed by atoms with van der Waals surface area (Å²) in [6, 6.07) is 11.3. The van der Waals surface area contributed by atoms with E-state index in [4.69, 9.17) is 39.7 Å². The van der Waals surface area contributed by atoms with Gasteiger partial charge < -0.3 is 9.64 Å². The van der Waals surface area contributed by atoms with E-state index in [1.54, 1.807) is 22.9 Å². The van der Waals surface area contributed by atoms with Crippen LogP contribution in [0, 0.1) is 0 Å². The van der Waals surface area contributed by atoms with Gasteiger partial charge in [0, 0.05) is 37.9 Å². The molecule has 2 aliphatic rings. The highest BCUT2D eigenvalue weighted by Gasteiger charge is 2.45. The molecule has 1 saturated heterocycles. The van der Waals surface area contributed by atoms with E-state index in [0.29, 0.717) is 21.5 Å². The molecule has 2 aliphatic heterocycles. The number of amides is 1. The number of anilines is 2. The summed E-state index contributed by atoms with van der Waals surface area (Å²) in [5.74, 6) is 0.572. The van der Waals surface area contributed by atoms with E-state index in [0.717, 1.165) is 50.0 Å². The van der Waals surface area contributed by atoms with Gasteiger partial charge in [-0.1, -0.05) is 47.9 Å². The number of nitrogens with zero attached hydrogens (tertiary/aromatic N) is 3. The van der Waals surface area contributed by atoms with Gasteiger partial charge in [-0.25, -0.2) is 9.46 Å². The maximum atomic E-state index is 13.5. The Morgan fingerprint density at radius 2 is 1.69 bits per heavy atom. The SMILES string of the molecule is CCN(CC)c1ccc2c(c1)OC(=O)N(c1ccc(Cl)c(Cl)c1)[P@]2(=S)N1CCCCCC1. The van der Waals surface area contributed by atoms with Crippen molar-refractivity contribution in [3.05, 3.63) is 46.4 Å². The number of benzene rings is 2. The summed E-state index contributed by atoms with van der Waals surface area (Å²) < 4.78 is 9.89. The van der Waals surface area contributed by atoms with Gasteiger partial charge in [-0.3, -0.25) is 4.67 Å². The van der Waals surface area contributed by atoms with Crippen LogP contribution in [0.2, 0.25) is 10.0 Å². The second-order valence-corrected chi connectivity index (χ2v) is 12.9. The van der Waals surface area contributed by atoms with E-state index in [9.17, 15) is 4.79 Å². The van der Waals surface area contributed by atoms with Crippen LogP contribution in [0.25, 0.3) is 0 Å². The number of carbonyl (C=O) groups excluding carboxylic acids is 1. The maximum absolute atomic E-state index is 13.5. The number of halogens is 2. The molecule has 1 fully saturated rings. The van der Waals surface area contributed by atoms with E-state index in [1.165, 1.54) is 12.8 Å². The Balaban J connectivity index is 1.88. The molecule has 0 aromatic heterocycles. The van der Waals surface area contributed by atoms with Gasteiger partial charge in [0.2, 0.25) is 0 Å². The van der Waals surface area contributed by atoms with Crippen molar-refractivity contribution in [1.82, 2.24) is 4.67 Å². The summed E-state index contributed by atoms with van der Waals surface area (Å²) in [6.45, 7) is 7.70. The van der Waals surface area contributed by atoms with Crippen LogP contribution in [0.3, 0.4) is 0 Å². The summed E-state index contributed by atoms with van der Waals surface area (Å²) in [5.41, 5.74) is 1.65. The van der Waals surface area contributed by atoms with E-state index in [-0.39, 0.29) is 0 Å². The summed E-state index contributed by atoms with van der Waals surface area (Å²) in [7, 11) is 0. The van der Waals surface area contributed by atoms with Crippen molar-refractivity contribution in [2.75, 3.05) is 35.7 Å². The maximum Gasteiger partial charge on any atom is 0.424 e. The molecule has 0 bridgehead atoms. The molecule has 2 heterocycles. The Labute approximate surface area is 205 Å². The average Bonchev–Trinajstić information content (AvgIpc) is 3.07. The van der Waals surface area contributed by atoms with Crippen molar-refractivity contribution in [1.29, 1.82) is 0 Å². The Kier molecular flexibility index (Phi) is 7.38. The summed E-state index contributed by atoms with van der Waals surface area (Å²) in [4.78, 5) is 15.7. The van der Waals surface area contributed by atoms with Gasteiger partial charge in [0.15, 0.2) is 0 Å². The molecular formula is C23H28Cl2N3O2PS. The van der Waals surface area contributed by atoms with Crippen LogP contribution < -0.4 is 19.6 Å². The molecule has 0 saturated carbocycles. The van der Waals surface area contributed by atoms with Crippen molar-refractivity contribution in [2.45, 2.75) is 39.5 Å². The number of rotatable bonds is 5. The Morgan fingerprint density at radius 1 is 1.00 bits per heavy atom. The summed E-state index contributed by atoms with van der Waals surface area (Å²) in [5, 5.41) is 1.74. The van der Waals surface area contributed by atoms with Gasteiger partial charge in [-0.05, 0) is 57.0 Å². The molecule has 4 rings (SSSR count).